The van der Waals surface area contributed by atoms with Crippen molar-refractivity contribution in [1.29, 1.82) is 0 Å². The molecule has 0 aliphatic carbocycles. The zero-order valence-corrected chi connectivity index (χ0v) is 19.1. The van der Waals surface area contributed by atoms with E-state index in [2.05, 4.69) is 25.9 Å². The van der Waals surface area contributed by atoms with Crippen molar-refractivity contribution in [2.45, 2.75) is 18.4 Å². The first-order valence-electron chi connectivity index (χ1n) is 9.91. The minimum atomic E-state index is -1.26. The van der Waals surface area contributed by atoms with Crippen LogP contribution in [-0.4, -0.2) is 53.2 Å². The third-order valence-electron chi connectivity index (χ3n) is 5.76. The molecule has 3 aromatic rings. The Kier molecular flexibility index (Phi) is 5.91. The Balaban J connectivity index is 1.60. The summed E-state index contributed by atoms with van der Waals surface area (Å²) >= 11 is 3.05. The fourth-order valence-electron chi connectivity index (χ4n) is 3.99. The fourth-order valence-corrected chi connectivity index (χ4v) is 4.22. The van der Waals surface area contributed by atoms with Gasteiger partial charge in [-0.25, -0.2) is 14.4 Å². The second-order valence-corrected chi connectivity index (χ2v) is 8.42. The highest BCUT2D eigenvalue weighted by molar-refractivity contribution is 9.10. The van der Waals surface area contributed by atoms with Gasteiger partial charge < -0.3 is 25.2 Å². The number of aliphatic hydroxyl groups is 1. The highest BCUT2D eigenvalue weighted by Crippen LogP contribution is 2.39. The second kappa shape index (κ2) is 8.51. The van der Waals surface area contributed by atoms with Crippen LogP contribution in [0.3, 0.4) is 0 Å². The molecule has 0 spiro atoms. The van der Waals surface area contributed by atoms with Gasteiger partial charge in [0.15, 0.2) is 11.5 Å². The van der Waals surface area contributed by atoms with Crippen LogP contribution in [0.15, 0.2) is 35.1 Å². The van der Waals surface area contributed by atoms with Gasteiger partial charge in [0.2, 0.25) is 0 Å². The maximum Gasteiger partial charge on any atom is 0.254 e. The highest BCUT2D eigenvalue weighted by Gasteiger charge is 2.38. The quantitative estimate of drug-likeness (QED) is 0.524. The molecule has 0 saturated carbocycles. The molecule has 1 amide bonds. The summed E-state index contributed by atoms with van der Waals surface area (Å²) < 4.78 is 24.9. The number of fused-ring (bicyclic) bond motifs is 1. The predicted molar refractivity (Wildman–Crippen MR) is 120 cm³/mol. The maximum atomic E-state index is 14.0. The molecule has 32 heavy (non-hydrogen) atoms. The Morgan fingerprint density at radius 2 is 1.81 bits per heavy atom. The van der Waals surface area contributed by atoms with Gasteiger partial charge in [0.05, 0.1) is 29.9 Å². The molecule has 1 aliphatic heterocycles. The third-order valence-corrected chi connectivity index (χ3v) is 6.60. The molecule has 1 aromatic heterocycles. The Bertz CT molecular complexity index is 1180. The molecule has 168 valence electrons. The first kappa shape index (κ1) is 22.2. The van der Waals surface area contributed by atoms with E-state index in [-0.39, 0.29) is 47.6 Å². The standard InChI is InChI=1S/C22H22BrFN4O4/c1-31-17-9-13-16(10-18(17)32-2)26-11-27-20(13)22(30)3-5-28(6-4-22)21(29)12-7-14(24)19(23)15(25)8-12/h7-11,30H,3-6,25H2,1-2H3. The number of ether oxygens (including phenoxy) is 2. The Hall–Kier alpha value is -2.98. The van der Waals surface area contributed by atoms with Crippen LogP contribution in [0.2, 0.25) is 0 Å². The number of carbonyl (C=O) groups excluding carboxylic acids is 1. The molecule has 10 heteroatoms. The smallest absolute Gasteiger partial charge is 0.254 e. The number of piperidine rings is 1. The number of methoxy groups -OCH3 is 2. The average molecular weight is 505 g/mol. The number of nitrogens with two attached hydrogens (primary N) is 1. The lowest BCUT2D eigenvalue weighted by Crippen LogP contribution is -2.45. The van der Waals surface area contributed by atoms with Gasteiger partial charge in [-0.05, 0) is 47.0 Å². The van der Waals surface area contributed by atoms with Crippen molar-refractivity contribution in [2.24, 2.45) is 0 Å². The van der Waals surface area contributed by atoms with Gasteiger partial charge in [0, 0.05) is 35.8 Å². The molecular weight excluding hydrogens is 483 g/mol. The second-order valence-electron chi connectivity index (χ2n) is 7.63. The number of benzene rings is 2. The van der Waals surface area contributed by atoms with E-state index in [9.17, 15) is 14.3 Å². The lowest BCUT2D eigenvalue weighted by atomic mass is 9.85. The number of anilines is 1. The summed E-state index contributed by atoms with van der Waals surface area (Å²) in [5.74, 6) is 0.0861. The van der Waals surface area contributed by atoms with E-state index in [4.69, 9.17) is 15.2 Å². The van der Waals surface area contributed by atoms with Crippen LogP contribution in [0.4, 0.5) is 10.1 Å². The van der Waals surface area contributed by atoms with Crippen molar-refractivity contribution in [1.82, 2.24) is 14.9 Å². The molecule has 0 bridgehead atoms. The molecular formula is C22H22BrFN4O4. The van der Waals surface area contributed by atoms with Crippen molar-refractivity contribution in [2.75, 3.05) is 33.0 Å². The Labute approximate surface area is 192 Å². The summed E-state index contributed by atoms with van der Waals surface area (Å²) in [6, 6.07) is 6.06. The zero-order valence-electron chi connectivity index (χ0n) is 17.6. The van der Waals surface area contributed by atoms with E-state index >= 15 is 0 Å². The number of amides is 1. The molecule has 2 aromatic carbocycles. The van der Waals surface area contributed by atoms with Crippen molar-refractivity contribution in [3.05, 3.63) is 52.1 Å². The van der Waals surface area contributed by atoms with Crippen LogP contribution in [0.5, 0.6) is 11.5 Å². The van der Waals surface area contributed by atoms with Crippen LogP contribution in [0.25, 0.3) is 10.9 Å². The van der Waals surface area contributed by atoms with E-state index < -0.39 is 11.4 Å². The van der Waals surface area contributed by atoms with E-state index in [1.165, 1.54) is 26.6 Å². The summed E-state index contributed by atoms with van der Waals surface area (Å²) in [6.07, 6.45) is 1.91. The Morgan fingerprint density at radius 1 is 1.16 bits per heavy atom. The topological polar surface area (TPSA) is 111 Å². The first-order chi connectivity index (χ1) is 15.3. The molecule has 4 rings (SSSR count). The molecule has 1 saturated heterocycles. The largest absolute Gasteiger partial charge is 0.493 e. The monoisotopic (exact) mass is 504 g/mol. The minimum Gasteiger partial charge on any atom is -0.493 e. The minimum absolute atomic E-state index is 0.129. The molecule has 8 nitrogen and oxygen atoms in total. The number of rotatable bonds is 4. The third kappa shape index (κ3) is 3.84. The lowest BCUT2D eigenvalue weighted by molar-refractivity contribution is -0.0232. The molecule has 2 heterocycles. The molecule has 0 atom stereocenters. The molecule has 1 fully saturated rings. The van der Waals surface area contributed by atoms with Crippen molar-refractivity contribution < 1.29 is 23.8 Å². The van der Waals surface area contributed by atoms with Crippen LogP contribution in [0.1, 0.15) is 28.9 Å². The van der Waals surface area contributed by atoms with Gasteiger partial charge >= 0.3 is 0 Å². The SMILES string of the molecule is COc1cc2ncnc(C3(O)CCN(C(=O)c4cc(N)c(Br)c(F)c4)CC3)c2cc1OC. The maximum absolute atomic E-state index is 14.0. The van der Waals surface area contributed by atoms with Crippen LogP contribution < -0.4 is 15.2 Å². The number of carbonyl (C=O) groups is 1. The van der Waals surface area contributed by atoms with E-state index in [1.807, 2.05) is 0 Å². The van der Waals surface area contributed by atoms with Gasteiger partial charge in [-0.15, -0.1) is 0 Å². The summed E-state index contributed by atoms with van der Waals surface area (Å²) in [7, 11) is 3.07. The fraction of sp³-hybridized carbons (Fsp3) is 0.318. The number of hydrogen-bond donors (Lipinski definition) is 2. The van der Waals surface area contributed by atoms with Gasteiger partial charge in [0.25, 0.3) is 5.91 Å². The zero-order chi connectivity index (χ0) is 23.0. The van der Waals surface area contributed by atoms with Crippen LogP contribution in [-0.2, 0) is 5.60 Å². The van der Waals surface area contributed by atoms with Gasteiger partial charge in [0.1, 0.15) is 17.7 Å². The summed E-state index contributed by atoms with van der Waals surface area (Å²) in [4.78, 5) is 23.1. The molecule has 1 aliphatic rings. The highest BCUT2D eigenvalue weighted by atomic mass is 79.9. The van der Waals surface area contributed by atoms with Gasteiger partial charge in [-0.3, -0.25) is 4.79 Å². The van der Waals surface area contributed by atoms with E-state index in [0.717, 1.165) is 6.07 Å². The number of halogens is 2. The predicted octanol–water partition coefficient (Wildman–Crippen LogP) is 3.25. The summed E-state index contributed by atoms with van der Waals surface area (Å²) in [5.41, 5.74) is 5.91. The molecule has 0 unspecified atom stereocenters. The van der Waals surface area contributed by atoms with Crippen molar-refractivity contribution in [3.63, 3.8) is 0 Å². The van der Waals surface area contributed by atoms with Gasteiger partial charge in [-0.2, -0.15) is 0 Å². The Morgan fingerprint density at radius 3 is 2.44 bits per heavy atom. The average Bonchev–Trinajstić information content (AvgIpc) is 2.80. The number of hydrogen-bond acceptors (Lipinski definition) is 7. The van der Waals surface area contributed by atoms with Crippen LogP contribution in [0, 0.1) is 5.82 Å². The van der Waals surface area contributed by atoms with E-state index in [1.54, 1.807) is 17.0 Å². The number of nitrogens with zero attached hydrogens (tertiary/aromatic N) is 3. The van der Waals surface area contributed by atoms with Gasteiger partial charge in [-0.1, -0.05) is 0 Å². The molecule has 3 N–H and O–H groups in total. The number of nitrogen functional groups attached to an aromatic ring is 1. The molecule has 0 radical (unpaired) electrons. The van der Waals surface area contributed by atoms with E-state index in [0.29, 0.717) is 28.1 Å². The van der Waals surface area contributed by atoms with Crippen molar-refractivity contribution in [3.8, 4) is 11.5 Å². The van der Waals surface area contributed by atoms with Crippen molar-refractivity contribution >= 4 is 38.4 Å². The van der Waals surface area contributed by atoms with Crippen LogP contribution >= 0.6 is 15.9 Å². The lowest BCUT2D eigenvalue weighted by Gasteiger charge is -2.38. The normalized spacial score (nSPS) is 15.6. The summed E-state index contributed by atoms with van der Waals surface area (Å²) in [6.45, 7) is 0.539. The number of aromatic nitrogens is 2. The summed E-state index contributed by atoms with van der Waals surface area (Å²) in [5, 5.41) is 12.1. The number of likely N-dealkylation sites (tertiary alicyclic amines) is 1. The first-order valence-corrected chi connectivity index (χ1v) is 10.7.